The summed E-state index contributed by atoms with van der Waals surface area (Å²) in [7, 11) is -0.844. The lowest BCUT2D eigenvalue weighted by Gasteiger charge is -2.31. The second-order valence-electron chi connectivity index (χ2n) is 9.34. The summed E-state index contributed by atoms with van der Waals surface area (Å²) >= 11 is 0. The van der Waals surface area contributed by atoms with Gasteiger partial charge in [-0.3, -0.25) is 9.00 Å². The van der Waals surface area contributed by atoms with Crippen LogP contribution < -0.4 is 4.72 Å². The van der Waals surface area contributed by atoms with E-state index in [2.05, 4.69) is 19.8 Å². The van der Waals surface area contributed by atoms with E-state index in [1.54, 1.807) is 11.8 Å². The summed E-state index contributed by atoms with van der Waals surface area (Å²) in [6.07, 6.45) is 1.38. The Balaban J connectivity index is 1.76. The first-order valence-electron chi connectivity index (χ1n) is 10.9. The molecular formula is C24H27F4N2O2PS. The molecule has 1 spiro atoms. The van der Waals surface area contributed by atoms with Crippen molar-refractivity contribution < 1.29 is 26.6 Å². The van der Waals surface area contributed by atoms with Crippen LogP contribution in [0, 0.1) is 22.9 Å². The van der Waals surface area contributed by atoms with Crippen molar-refractivity contribution in [2.45, 2.75) is 43.9 Å². The highest BCUT2D eigenvalue weighted by Gasteiger charge is 2.61. The molecule has 1 saturated carbocycles. The Bertz CT molecular complexity index is 1220. The van der Waals surface area contributed by atoms with E-state index >= 15 is 4.39 Å². The topological polar surface area (TPSA) is 49.4 Å². The van der Waals surface area contributed by atoms with Gasteiger partial charge < -0.3 is 4.90 Å². The van der Waals surface area contributed by atoms with Gasteiger partial charge in [0.1, 0.15) is 17.5 Å². The number of hydrogen-bond acceptors (Lipinski definition) is 2. The summed E-state index contributed by atoms with van der Waals surface area (Å²) in [5.74, 6) is 1.23. The maximum absolute atomic E-state index is 15.6. The molecule has 4 rings (SSSR count). The van der Waals surface area contributed by atoms with E-state index in [1.165, 1.54) is 18.2 Å². The van der Waals surface area contributed by atoms with Crippen LogP contribution in [0.3, 0.4) is 0 Å². The summed E-state index contributed by atoms with van der Waals surface area (Å²) in [6.45, 7) is 2.06. The molecule has 2 aliphatic rings. The predicted molar refractivity (Wildman–Crippen MR) is 130 cm³/mol. The number of halogens is 4. The fourth-order valence-corrected chi connectivity index (χ4v) is 5.98. The predicted octanol–water partition coefficient (Wildman–Crippen LogP) is 4.08. The maximum Gasteiger partial charge on any atom is 0.229 e. The molecule has 1 heterocycles. The molecule has 2 aromatic rings. The van der Waals surface area contributed by atoms with Crippen LogP contribution in [-0.4, -0.2) is 51.2 Å². The molecule has 2 fully saturated rings. The lowest BCUT2D eigenvalue weighted by molar-refractivity contribution is -0.131. The third-order valence-corrected chi connectivity index (χ3v) is 8.01. The van der Waals surface area contributed by atoms with Crippen LogP contribution >= 0.6 is 9.24 Å². The Morgan fingerprint density at radius 1 is 1.26 bits per heavy atom. The molecule has 1 saturated heterocycles. The van der Waals surface area contributed by atoms with Gasteiger partial charge in [0.05, 0.1) is 15.7 Å². The van der Waals surface area contributed by atoms with Gasteiger partial charge in [-0.1, -0.05) is 19.1 Å². The Morgan fingerprint density at radius 2 is 1.97 bits per heavy atom. The van der Waals surface area contributed by atoms with E-state index in [9.17, 15) is 22.2 Å². The van der Waals surface area contributed by atoms with Crippen molar-refractivity contribution in [3.63, 3.8) is 0 Å². The van der Waals surface area contributed by atoms with Crippen LogP contribution in [0.2, 0.25) is 0 Å². The van der Waals surface area contributed by atoms with E-state index in [-0.39, 0.29) is 29.0 Å². The van der Waals surface area contributed by atoms with E-state index in [1.807, 2.05) is 0 Å². The SMILES string of the molecule is C=S(=O)(CF)N[C@@H]1[C@H](Cc2cc(F)cc(-c3cccc(F)c3)c2F)N(C(=O)[C@H](C)P)CC12CC2. The Labute approximate surface area is 199 Å². The highest BCUT2D eigenvalue weighted by atomic mass is 32.2. The first-order valence-corrected chi connectivity index (χ1v) is 13.5. The Kier molecular flexibility index (Phi) is 6.84. The van der Waals surface area contributed by atoms with Gasteiger partial charge in [-0.25, -0.2) is 22.3 Å². The van der Waals surface area contributed by atoms with Crippen LogP contribution in [0.1, 0.15) is 25.3 Å². The van der Waals surface area contributed by atoms with Crippen LogP contribution in [0.4, 0.5) is 17.6 Å². The third kappa shape index (κ3) is 4.88. The molecule has 1 N–H and O–H groups in total. The number of carbonyl (C=O) groups is 1. The van der Waals surface area contributed by atoms with Gasteiger partial charge in [-0.2, -0.15) is 0 Å². The third-order valence-electron chi connectivity index (χ3n) is 6.69. The highest BCUT2D eigenvalue weighted by molar-refractivity contribution is 7.98. The molecule has 34 heavy (non-hydrogen) atoms. The molecule has 2 unspecified atom stereocenters. The summed E-state index contributed by atoms with van der Waals surface area (Å²) in [4.78, 5) is 14.6. The van der Waals surface area contributed by atoms with Gasteiger partial charge in [-0.15, -0.1) is 9.24 Å². The monoisotopic (exact) mass is 514 g/mol. The number of nitrogens with zero attached hydrogens (tertiary/aromatic N) is 1. The fourth-order valence-electron chi connectivity index (χ4n) is 4.86. The van der Waals surface area contributed by atoms with Crippen molar-refractivity contribution in [2.24, 2.45) is 5.41 Å². The van der Waals surface area contributed by atoms with Crippen LogP contribution in [0.5, 0.6) is 0 Å². The van der Waals surface area contributed by atoms with E-state index < -0.39 is 56.3 Å². The van der Waals surface area contributed by atoms with Crippen molar-refractivity contribution in [1.82, 2.24) is 9.62 Å². The second kappa shape index (κ2) is 9.25. The van der Waals surface area contributed by atoms with Crippen LogP contribution in [0.25, 0.3) is 11.1 Å². The van der Waals surface area contributed by atoms with Crippen molar-refractivity contribution in [3.05, 3.63) is 59.4 Å². The number of hydrogen-bond donors (Lipinski definition) is 1. The number of benzene rings is 2. The molecule has 0 radical (unpaired) electrons. The molecule has 184 valence electrons. The largest absolute Gasteiger partial charge is 0.337 e. The van der Waals surface area contributed by atoms with Crippen molar-refractivity contribution in [3.8, 4) is 11.1 Å². The van der Waals surface area contributed by atoms with E-state index in [0.717, 1.165) is 31.0 Å². The maximum atomic E-state index is 15.6. The van der Waals surface area contributed by atoms with Gasteiger partial charge in [0, 0.05) is 29.2 Å². The van der Waals surface area contributed by atoms with Crippen LogP contribution in [0.15, 0.2) is 36.4 Å². The summed E-state index contributed by atoms with van der Waals surface area (Å²) < 4.78 is 72.7. The average Bonchev–Trinajstić information content (AvgIpc) is 3.50. The quantitative estimate of drug-likeness (QED) is 0.344. The summed E-state index contributed by atoms with van der Waals surface area (Å²) in [5, 5.41) is 0. The minimum absolute atomic E-state index is 0.00113. The molecule has 0 bridgehead atoms. The molecule has 2 aromatic carbocycles. The standard InChI is InChI=1S/C24H27F4N2O2PS/c1-14(33)23(31)30-12-24(6-7-24)22(29-34(2,32)13-25)20(30)10-16-9-18(27)11-19(21(16)28)15-4-3-5-17(26)8-15/h3-5,8-9,11,14,20,22H,2,6-7,10,12-13,33H2,1H3,(H,29,32)/t14-,20-,22+,34?/m0/s1. The number of rotatable bonds is 7. The van der Waals surface area contributed by atoms with Gasteiger partial charge in [0.2, 0.25) is 5.91 Å². The highest BCUT2D eigenvalue weighted by Crippen LogP contribution is 2.56. The van der Waals surface area contributed by atoms with E-state index in [0.29, 0.717) is 6.54 Å². The number of amides is 1. The molecule has 5 atom stereocenters. The van der Waals surface area contributed by atoms with Crippen LogP contribution in [-0.2, 0) is 20.9 Å². The molecule has 1 aliphatic heterocycles. The van der Waals surface area contributed by atoms with Crippen molar-refractivity contribution >= 4 is 30.7 Å². The summed E-state index contributed by atoms with van der Waals surface area (Å²) in [5.41, 5.74) is -0.755. The summed E-state index contributed by atoms with van der Waals surface area (Å²) in [6, 6.07) is 4.80. The Morgan fingerprint density at radius 3 is 2.56 bits per heavy atom. The molecule has 1 aliphatic carbocycles. The van der Waals surface area contributed by atoms with E-state index in [4.69, 9.17) is 0 Å². The average molecular weight is 515 g/mol. The zero-order valence-electron chi connectivity index (χ0n) is 18.7. The van der Waals surface area contributed by atoms with Gasteiger partial charge >= 0.3 is 0 Å². The number of carbonyl (C=O) groups excluding carboxylic acids is 1. The first kappa shape index (κ1) is 25.1. The normalized spacial score (nSPS) is 23.6. The van der Waals surface area contributed by atoms with Crippen molar-refractivity contribution in [1.29, 1.82) is 0 Å². The van der Waals surface area contributed by atoms with Gasteiger partial charge in [0.25, 0.3) is 0 Å². The zero-order valence-corrected chi connectivity index (χ0v) is 20.7. The molecule has 4 nitrogen and oxygen atoms in total. The molecule has 0 aromatic heterocycles. The fraction of sp³-hybridized carbons (Fsp3) is 0.417. The smallest absolute Gasteiger partial charge is 0.229 e. The minimum atomic E-state index is -3.27. The first-order chi connectivity index (χ1) is 16.0. The number of likely N-dealkylation sites (tertiary alicyclic amines) is 1. The number of alkyl halides is 1. The lowest BCUT2D eigenvalue weighted by Crippen LogP contribution is -2.50. The van der Waals surface area contributed by atoms with Gasteiger partial charge in [-0.05, 0) is 60.5 Å². The second-order valence-corrected chi connectivity index (χ2v) is 12.4. The molecule has 10 heteroatoms. The lowest BCUT2D eigenvalue weighted by atomic mass is 9.91. The Hall–Kier alpha value is -1.96. The molecule has 1 amide bonds. The molecular weight excluding hydrogens is 487 g/mol. The zero-order chi connectivity index (χ0) is 24.8. The van der Waals surface area contributed by atoms with Crippen molar-refractivity contribution in [2.75, 3.05) is 12.6 Å². The minimum Gasteiger partial charge on any atom is -0.337 e. The number of nitrogens with one attached hydrogen (secondary N) is 1. The van der Waals surface area contributed by atoms with Gasteiger partial charge in [0.15, 0.2) is 6.01 Å².